The molecule has 2 fully saturated rings. The molecule has 7 heteroatoms. The average molecular weight is 396 g/mol. The van der Waals surface area contributed by atoms with E-state index in [9.17, 15) is 0 Å². The minimum absolute atomic E-state index is 0.552. The van der Waals surface area contributed by atoms with E-state index in [2.05, 4.69) is 31.6 Å². The summed E-state index contributed by atoms with van der Waals surface area (Å²) in [5, 5.41) is 10.1. The van der Waals surface area contributed by atoms with Crippen molar-refractivity contribution >= 4 is 17.7 Å². The normalized spacial score (nSPS) is 18.0. The van der Waals surface area contributed by atoms with E-state index in [1.807, 2.05) is 30.3 Å². The highest BCUT2D eigenvalue weighted by Crippen LogP contribution is 2.42. The molecule has 0 spiro atoms. The molecule has 146 valence electrons. The molecule has 3 heterocycles. The number of hydrogen-bond acceptors (Lipinski definition) is 6. The lowest BCUT2D eigenvalue weighted by Gasteiger charge is -2.31. The Morgan fingerprint density at radius 3 is 2.61 bits per heavy atom. The van der Waals surface area contributed by atoms with Crippen LogP contribution in [0.5, 0.6) is 0 Å². The zero-order valence-corrected chi connectivity index (χ0v) is 16.9. The second-order valence-electron chi connectivity index (χ2n) is 7.83. The highest BCUT2D eigenvalue weighted by Gasteiger charge is 2.32. The summed E-state index contributed by atoms with van der Waals surface area (Å²) in [6, 6.07) is 10.6. The Labute approximate surface area is 169 Å². The van der Waals surface area contributed by atoms with Crippen molar-refractivity contribution in [2.45, 2.75) is 49.6 Å². The Morgan fingerprint density at radius 1 is 1.07 bits per heavy atom. The predicted molar refractivity (Wildman–Crippen MR) is 110 cm³/mol. The van der Waals surface area contributed by atoms with E-state index >= 15 is 0 Å². The van der Waals surface area contributed by atoms with Crippen LogP contribution in [-0.4, -0.2) is 32.8 Å². The van der Waals surface area contributed by atoms with Gasteiger partial charge in [-0.05, 0) is 31.6 Å². The molecule has 0 bridgehead atoms. The SMILES string of the molecule is CC1CCN(c2nnc(SCc3ncc(-c4ccccc4)o3)n2C2CC2)CC1. The van der Waals surface area contributed by atoms with Gasteiger partial charge in [0.05, 0.1) is 11.9 Å². The number of benzene rings is 1. The van der Waals surface area contributed by atoms with Gasteiger partial charge in [-0.2, -0.15) is 0 Å². The first-order valence-corrected chi connectivity index (χ1v) is 11.1. The standard InChI is InChI=1S/C21H25N5OS/c1-15-9-11-25(12-10-15)20-23-24-21(26(20)17-7-8-17)28-14-19-22-13-18(27-19)16-5-3-2-4-6-16/h2-6,13,15,17H,7-12,14H2,1H3. The van der Waals surface area contributed by atoms with Gasteiger partial charge in [0, 0.05) is 24.7 Å². The second-order valence-corrected chi connectivity index (χ2v) is 8.77. The number of nitrogens with zero attached hydrogens (tertiary/aromatic N) is 5. The summed E-state index contributed by atoms with van der Waals surface area (Å²) in [5.41, 5.74) is 1.05. The van der Waals surface area contributed by atoms with Crippen molar-refractivity contribution in [3.63, 3.8) is 0 Å². The van der Waals surface area contributed by atoms with Crippen LogP contribution in [0.15, 0.2) is 46.1 Å². The van der Waals surface area contributed by atoms with Crippen molar-refractivity contribution in [3.8, 4) is 11.3 Å². The lowest BCUT2D eigenvalue weighted by atomic mass is 10.00. The molecule has 2 aliphatic rings. The number of rotatable bonds is 6. The van der Waals surface area contributed by atoms with Gasteiger partial charge in [-0.25, -0.2) is 4.98 Å². The summed E-state index contributed by atoms with van der Waals surface area (Å²) in [7, 11) is 0. The van der Waals surface area contributed by atoms with Crippen LogP contribution in [0, 0.1) is 5.92 Å². The molecule has 1 saturated carbocycles. The molecule has 1 aromatic carbocycles. The van der Waals surface area contributed by atoms with E-state index < -0.39 is 0 Å². The molecule has 5 rings (SSSR count). The molecule has 6 nitrogen and oxygen atoms in total. The van der Waals surface area contributed by atoms with Crippen molar-refractivity contribution in [1.29, 1.82) is 0 Å². The van der Waals surface area contributed by atoms with Crippen LogP contribution < -0.4 is 4.90 Å². The molecule has 0 unspecified atom stereocenters. The van der Waals surface area contributed by atoms with Crippen LogP contribution in [0.3, 0.4) is 0 Å². The average Bonchev–Trinajstić information content (AvgIpc) is 3.30. The van der Waals surface area contributed by atoms with Gasteiger partial charge >= 0.3 is 0 Å². The highest BCUT2D eigenvalue weighted by atomic mass is 32.2. The Bertz CT molecular complexity index is 925. The second kappa shape index (κ2) is 7.62. The van der Waals surface area contributed by atoms with Crippen molar-refractivity contribution < 1.29 is 4.42 Å². The first-order valence-electron chi connectivity index (χ1n) is 10.1. The van der Waals surface area contributed by atoms with Crippen LogP contribution in [0.2, 0.25) is 0 Å². The van der Waals surface area contributed by atoms with E-state index in [-0.39, 0.29) is 0 Å². The van der Waals surface area contributed by atoms with Crippen LogP contribution in [0.4, 0.5) is 5.95 Å². The minimum atomic E-state index is 0.552. The fourth-order valence-corrected chi connectivity index (χ4v) is 4.54. The molecule has 0 radical (unpaired) electrons. The van der Waals surface area contributed by atoms with Gasteiger partial charge < -0.3 is 9.32 Å². The van der Waals surface area contributed by atoms with Crippen LogP contribution in [0.1, 0.15) is 44.5 Å². The van der Waals surface area contributed by atoms with Gasteiger partial charge in [-0.1, -0.05) is 49.0 Å². The summed E-state index contributed by atoms with van der Waals surface area (Å²) in [5.74, 6) is 4.06. The zero-order valence-electron chi connectivity index (χ0n) is 16.1. The summed E-state index contributed by atoms with van der Waals surface area (Å²) in [4.78, 5) is 6.86. The van der Waals surface area contributed by atoms with Crippen molar-refractivity contribution in [2.75, 3.05) is 18.0 Å². The van der Waals surface area contributed by atoms with Gasteiger partial charge in [0.1, 0.15) is 0 Å². The van der Waals surface area contributed by atoms with E-state index in [0.29, 0.717) is 11.8 Å². The number of hydrogen-bond donors (Lipinski definition) is 0. The van der Waals surface area contributed by atoms with Crippen LogP contribution in [-0.2, 0) is 5.75 Å². The van der Waals surface area contributed by atoms with Crippen molar-refractivity contribution in [2.24, 2.45) is 5.92 Å². The molecular weight excluding hydrogens is 370 g/mol. The maximum absolute atomic E-state index is 5.94. The summed E-state index contributed by atoms with van der Waals surface area (Å²) >= 11 is 1.67. The molecule has 2 aromatic heterocycles. The summed E-state index contributed by atoms with van der Waals surface area (Å²) in [6.45, 7) is 4.50. The molecule has 28 heavy (non-hydrogen) atoms. The zero-order chi connectivity index (χ0) is 18.9. The topological polar surface area (TPSA) is 60.0 Å². The number of aromatic nitrogens is 4. The Hall–Kier alpha value is -2.28. The fourth-order valence-electron chi connectivity index (χ4n) is 3.68. The maximum Gasteiger partial charge on any atom is 0.228 e. The molecule has 0 atom stereocenters. The van der Waals surface area contributed by atoms with Gasteiger partial charge in [0.25, 0.3) is 0 Å². The number of piperidine rings is 1. The molecule has 1 aliphatic carbocycles. The molecule has 1 saturated heterocycles. The summed E-state index contributed by atoms with van der Waals surface area (Å²) in [6.07, 6.45) is 6.72. The predicted octanol–water partition coefficient (Wildman–Crippen LogP) is 4.80. The highest BCUT2D eigenvalue weighted by molar-refractivity contribution is 7.98. The number of anilines is 1. The third kappa shape index (κ3) is 3.68. The molecule has 3 aromatic rings. The minimum Gasteiger partial charge on any atom is -0.440 e. The van der Waals surface area contributed by atoms with E-state index in [4.69, 9.17) is 4.42 Å². The molecule has 0 amide bonds. The van der Waals surface area contributed by atoms with Crippen molar-refractivity contribution in [1.82, 2.24) is 19.7 Å². The third-order valence-corrected chi connectivity index (χ3v) is 6.49. The Morgan fingerprint density at radius 2 is 1.86 bits per heavy atom. The maximum atomic E-state index is 5.94. The quantitative estimate of drug-likeness (QED) is 0.559. The van der Waals surface area contributed by atoms with E-state index in [1.54, 1.807) is 18.0 Å². The number of oxazole rings is 1. The van der Waals surface area contributed by atoms with E-state index in [0.717, 1.165) is 47.3 Å². The van der Waals surface area contributed by atoms with E-state index in [1.165, 1.54) is 25.7 Å². The van der Waals surface area contributed by atoms with Crippen LogP contribution >= 0.6 is 11.8 Å². The molecule has 0 N–H and O–H groups in total. The van der Waals surface area contributed by atoms with Gasteiger partial charge in [-0.15, -0.1) is 10.2 Å². The van der Waals surface area contributed by atoms with Gasteiger partial charge in [-0.3, -0.25) is 4.57 Å². The van der Waals surface area contributed by atoms with Gasteiger partial charge in [0.15, 0.2) is 10.9 Å². The Balaban J connectivity index is 1.30. The lowest BCUT2D eigenvalue weighted by molar-refractivity contribution is 0.429. The van der Waals surface area contributed by atoms with Gasteiger partial charge in [0.2, 0.25) is 11.8 Å². The number of thioether (sulfide) groups is 1. The summed E-state index contributed by atoms with van der Waals surface area (Å²) < 4.78 is 8.29. The largest absolute Gasteiger partial charge is 0.440 e. The molecule has 1 aliphatic heterocycles. The van der Waals surface area contributed by atoms with Crippen LogP contribution in [0.25, 0.3) is 11.3 Å². The smallest absolute Gasteiger partial charge is 0.228 e. The van der Waals surface area contributed by atoms with Crippen molar-refractivity contribution in [3.05, 3.63) is 42.4 Å². The monoisotopic (exact) mass is 395 g/mol. The lowest BCUT2D eigenvalue weighted by Crippen LogP contribution is -2.34. The Kier molecular flexibility index (Phi) is 4.84. The third-order valence-electron chi connectivity index (χ3n) is 5.56. The first-order chi connectivity index (χ1) is 13.8. The fraction of sp³-hybridized carbons (Fsp3) is 0.476. The first kappa shape index (κ1) is 17.8. The molecular formula is C21H25N5OS.